The maximum Gasteiger partial charge on any atom is 0.236 e. The number of carbonyl (C=O) groups excluding carboxylic acids is 1. The number of amides is 1. The van der Waals surface area contributed by atoms with Crippen LogP contribution in [0.3, 0.4) is 0 Å². The van der Waals surface area contributed by atoms with Gasteiger partial charge < -0.3 is 4.90 Å². The largest absolute Gasteiger partial charge is 0.315 e. The molecule has 0 saturated carbocycles. The summed E-state index contributed by atoms with van der Waals surface area (Å²) in [6, 6.07) is 6.34. The van der Waals surface area contributed by atoms with E-state index in [1.807, 2.05) is 13.1 Å². The molecule has 1 aromatic rings. The molecule has 0 N–H and O–H groups in total. The first-order valence-corrected chi connectivity index (χ1v) is 6.35. The number of hydrogen-bond donors (Lipinski definition) is 1. The van der Waals surface area contributed by atoms with Crippen molar-refractivity contribution in [3.05, 3.63) is 29.3 Å². The fourth-order valence-electron chi connectivity index (χ4n) is 2.18. The minimum absolute atomic E-state index is 0.0408. The number of aryl methyl sites for hydroxylation is 2. The summed E-state index contributed by atoms with van der Waals surface area (Å²) in [5, 5.41) is 0. The van der Waals surface area contributed by atoms with Crippen molar-refractivity contribution in [2.45, 2.75) is 25.7 Å². The van der Waals surface area contributed by atoms with Gasteiger partial charge in [0.2, 0.25) is 5.91 Å². The Labute approximate surface area is 102 Å². The highest BCUT2D eigenvalue weighted by Gasteiger charge is 2.13. The number of thiol groups is 1. The van der Waals surface area contributed by atoms with Gasteiger partial charge in [0.15, 0.2) is 0 Å². The fraction of sp³-hybridized carbons (Fsp3) is 0.462. The van der Waals surface area contributed by atoms with E-state index in [1.54, 1.807) is 4.90 Å². The number of nitrogens with zero attached hydrogens (tertiary/aromatic N) is 1. The first-order valence-electron chi connectivity index (χ1n) is 5.71. The SMILES string of the molecule is CN(C(=O)CS)c1ccc2c(c1)CCCC2. The van der Waals surface area contributed by atoms with Gasteiger partial charge in [-0.05, 0) is 48.9 Å². The van der Waals surface area contributed by atoms with Crippen LogP contribution in [0.25, 0.3) is 0 Å². The molecule has 0 aliphatic heterocycles. The van der Waals surface area contributed by atoms with Crippen molar-refractivity contribution < 1.29 is 4.79 Å². The Morgan fingerprint density at radius 2 is 2.00 bits per heavy atom. The predicted octanol–water partition coefficient (Wildman–Crippen LogP) is 2.46. The van der Waals surface area contributed by atoms with Gasteiger partial charge in [0.25, 0.3) is 0 Å². The van der Waals surface area contributed by atoms with Gasteiger partial charge in [0, 0.05) is 12.7 Å². The highest BCUT2D eigenvalue weighted by molar-refractivity contribution is 7.81. The van der Waals surface area contributed by atoms with Gasteiger partial charge in [0.1, 0.15) is 0 Å². The molecule has 86 valence electrons. The number of hydrogen-bond acceptors (Lipinski definition) is 2. The van der Waals surface area contributed by atoms with Crippen molar-refractivity contribution in [2.75, 3.05) is 17.7 Å². The van der Waals surface area contributed by atoms with Crippen LogP contribution < -0.4 is 4.90 Å². The second-order valence-electron chi connectivity index (χ2n) is 4.27. The Bertz CT molecular complexity index is 403. The van der Waals surface area contributed by atoms with Crippen LogP contribution in [0.5, 0.6) is 0 Å². The van der Waals surface area contributed by atoms with E-state index in [9.17, 15) is 4.79 Å². The standard InChI is InChI=1S/C13H17NOS/c1-14(13(15)9-16)12-7-6-10-4-2-3-5-11(10)8-12/h6-8,16H,2-5,9H2,1H3. The molecule has 0 saturated heterocycles. The molecule has 0 fully saturated rings. The Hall–Kier alpha value is -0.960. The van der Waals surface area contributed by atoms with Gasteiger partial charge in [-0.2, -0.15) is 12.6 Å². The second kappa shape index (κ2) is 4.91. The molecule has 1 aromatic carbocycles. The van der Waals surface area contributed by atoms with E-state index in [-0.39, 0.29) is 11.7 Å². The molecule has 0 unspecified atom stereocenters. The molecule has 1 aliphatic rings. The Balaban J connectivity index is 2.26. The third-order valence-electron chi connectivity index (χ3n) is 3.23. The first kappa shape index (κ1) is 11.5. The lowest BCUT2D eigenvalue weighted by atomic mass is 9.91. The van der Waals surface area contributed by atoms with Crippen molar-refractivity contribution in [3.63, 3.8) is 0 Å². The summed E-state index contributed by atoms with van der Waals surface area (Å²) in [5.74, 6) is 0.298. The predicted molar refractivity (Wildman–Crippen MR) is 70.3 cm³/mol. The molecule has 0 bridgehead atoms. The molecule has 16 heavy (non-hydrogen) atoms. The molecule has 3 heteroatoms. The van der Waals surface area contributed by atoms with Gasteiger partial charge in [0.05, 0.1) is 5.75 Å². The maximum atomic E-state index is 11.5. The molecule has 0 aromatic heterocycles. The normalized spacial score (nSPS) is 14.4. The van der Waals surface area contributed by atoms with Crippen LogP contribution in [0.15, 0.2) is 18.2 Å². The van der Waals surface area contributed by atoms with Crippen molar-refractivity contribution in [1.82, 2.24) is 0 Å². The lowest BCUT2D eigenvalue weighted by Crippen LogP contribution is -2.27. The van der Waals surface area contributed by atoms with Gasteiger partial charge in [-0.25, -0.2) is 0 Å². The van der Waals surface area contributed by atoms with E-state index >= 15 is 0 Å². The van der Waals surface area contributed by atoms with Crippen molar-refractivity contribution >= 4 is 24.2 Å². The molecule has 2 rings (SSSR count). The summed E-state index contributed by atoms with van der Waals surface area (Å²) in [7, 11) is 1.81. The van der Waals surface area contributed by atoms with Crippen LogP contribution in [-0.4, -0.2) is 18.7 Å². The fourth-order valence-corrected chi connectivity index (χ4v) is 2.39. The molecular formula is C13H17NOS. The van der Waals surface area contributed by atoms with E-state index < -0.39 is 0 Å². The number of benzene rings is 1. The average Bonchev–Trinajstić information content (AvgIpc) is 2.36. The summed E-state index contributed by atoms with van der Waals surface area (Å²) < 4.78 is 0. The van der Waals surface area contributed by atoms with Crippen LogP contribution in [-0.2, 0) is 17.6 Å². The van der Waals surface area contributed by atoms with Crippen molar-refractivity contribution in [3.8, 4) is 0 Å². The van der Waals surface area contributed by atoms with Gasteiger partial charge in [-0.1, -0.05) is 6.07 Å². The van der Waals surface area contributed by atoms with Gasteiger partial charge in [-0.3, -0.25) is 4.79 Å². The average molecular weight is 235 g/mol. The summed E-state index contributed by atoms with van der Waals surface area (Å²) in [6.45, 7) is 0. The van der Waals surface area contributed by atoms with E-state index in [4.69, 9.17) is 0 Å². The zero-order chi connectivity index (χ0) is 11.5. The highest BCUT2D eigenvalue weighted by Crippen LogP contribution is 2.25. The van der Waals surface area contributed by atoms with Crippen molar-refractivity contribution in [1.29, 1.82) is 0 Å². The monoisotopic (exact) mass is 235 g/mol. The Morgan fingerprint density at radius 3 is 2.69 bits per heavy atom. The zero-order valence-electron chi connectivity index (χ0n) is 9.57. The smallest absolute Gasteiger partial charge is 0.236 e. The van der Waals surface area contributed by atoms with E-state index in [1.165, 1.54) is 30.4 Å². The van der Waals surface area contributed by atoms with Crippen LogP contribution in [0, 0.1) is 0 Å². The van der Waals surface area contributed by atoms with Crippen molar-refractivity contribution in [2.24, 2.45) is 0 Å². The molecule has 0 heterocycles. The topological polar surface area (TPSA) is 20.3 Å². The third kappa shape index (κ3) is 2.24. The number of rotatable bonds is 2. The van der Waals surface area contributed by atoms with Crippen LogP contribution in [0.4, 0.5) is 5.69 Å². The maximum absolute atomic E-state index is 11.5. The van der Waals surface area contributed by atoms with Crippen LogP contribution in [0.2, 0.25) is 0 Å². The molecule has 0 atom stereocenters. The molecule has 0 spiro atoms. The summed E-state index contributed by atoms with van der Waals surface area (Å²) in [4.78, 5) is 13.2. The van der Waals surface area contributed by atoms with Gasteiger partial charge >= 0.3 is 0 Å². The minimum atomic E-state index is 0.0408. The third-order valence-corrected chi connectivity index (χ3v) is 3.50. The molecule has 1 amide bonds. The van der Waals surface area contributed by atoms with Crippen LogP contribution >= 0.6 is 12.6 Å². The molecule has 0 radical (unpaired) electrons. The summed E-state index contributed by atoms with van der Waals surface area (Å²) >= 11 is 4.01. The first-order chi connectivity index (χ1) is 7.72. The van der Waals surface area contributed by atoms with E-state index in [2.05, 4.69) is 24.8 Å². The van der Waals surface area contributed by atoms with E-state index in [0.717, 1.165) is 12.1 Å². The van der Waals surface area contributed by atoms with Gasteiger partial charge in [-0.15, -0.1) is 0 Å². The minimum Gasteiger partial charge on any atom is -0.315 e. The van der Waals surface area contributed by atoms with Crippen LogP contribution in [0.1, 0.15) is 24.0 Å². The van der Waals surface area contributed by atoms with E-state index in [0.29, 0.717) is 0 Å². The second-order valence-corrected chi connectivity index (χ2v) is 4.59. The molecular weight excluding hydrogens is 218 g/mol. The number of fused-ring (bicyclic) bond motifs is 1. The molecule has 1 aliphatic carbocycles. The zero-order valence-corrected chi connectivity index (χ0v) is 10.5. The molecule has 2 nitrogen and oxygen atoms in total. The quantitative estimate of drug-likeness (QED) is 0.781. The summed E-state index contributed by atoms with van der Waals surface area (Å²) in [6.07, 6.45) is 4.88. The lowest BCUT2D eigenvalue weighted by Gasteiger charge is -2.21. The lowest BCUT2D eigenvalue weighted by molar-refractivity contribution is -0.115. The highest BCUT2D eigenvalue weighted by atomic mass is 32.1. The number of carbonyl (C=O) groups is 1. The Kier molecular flexibility index (Phi) is 3.54. The summed E-state index contributed by atoms with van der Waals surface area (Å²) in [5.41, 5.74) is 3.84. The number of anilines is 1. The Morgan fingerprint density at radius 1 is 1.31 bits per heavy atom.